The zero-order chi connectivity index (χ0) is 13.5. The van der Waals surface area contributed by atoms with Crippen molar-refractivity contribution in [3.63, 3.8) is 0 Å². The molecule has 1 aromatic heterocycles. The molecule has 94 valence electrons. The molecule has 0 bridgehead atoms. The maximum absolute atomic E-state index is 11.5. The Kier molecular flexibility index (Phi) is 3.03. The van der Waals surface area contributed by atoms with Crippen LogP contribution in [0, 0.1) is 0 Å². The molecule has 2 aromatic rings. The number of hydrogen-bond donors (Lipinski definition) is 1. The average Bonchev–Trinajstić information content (AvgIpc) is 2.25. The quantitative estimate of drug-likeness (QED) is 0.849. The summed E-state index contributed by atoms with van der Waals surface area (Å²) in [5.74, 6) is -0.949. The van der Waals surface area contributed by atoms with Gasteiger partial charge in [-0.25, -0.2) is 4.79 Å². The minimum atomic E-state index is -0.949. The molecule has 18 heavy (non-hydrogen) atoms. The summed E-state index contributed by atoms with van der Waals surface area (Å²) in [5.41, 5.74) is 1.36. The van der Waals surface area contributed by atoms with Crippen LogP contribution in [0.25, 0.3) is 10.9 Å². The number of carboxylic acid groups (broad SMARTS) is 1. The van der Waals surface area contributed by atoms with Crippen molar-refractivity contribution in [3.8, 4) is 0 Å². The molecule has 0 saturated carbocycles. The SMILES string of the molecule is CC(C)(C)c1cnc2ccc(Cl)cc2c1C(=O)O. The normalized spacial score (nSPS) is 11.8. The van der Waals surface area contributed by atoms with Gasteiger partial charge in [-0.15, -0.1) is 0 Å². The Balaban J connectivity index is 2.90. The van der Waals surface area contributed by atoms with Gasteiger partial charge in [0.25, 0.3) is 0 Å². The summed E-state index contributed by atoms with van der Waals surface area (Å²) in [5, 5.41) is 10.5. The minimum absolute atomic E-state index is 0.281. The van der Waals surface area contributed by atoms with E-state index >= 15 is 0 Å². The lowest BCUT2D eigenvalue weighted by atomic mass is 9.83. The lowest BCUT2D eigenvalue weighted by Gasteiger charge is -2.21. The Hall–Kier alpha value is -1.61. The second-order valence-electron chi connectivity index (χ2n) is 5.26. The molecule has 0 unspecified atom stereocenters. The van der Waals surface area contributed by atoms with Gasteiger partial charge in [0.2, 0.25) is 0 Å². The predicted octanol–water partition coefficient (Wildman–Crippen LogP) is 3.88. The van der Waals surface area contributed by atoms with E-state index in [4.69, 9.17) is 11.6 Å². The first kappa shape index (κ1) is 12.8. The van der Waals surface area contributed by atoms with Gasteiger partial charge in [0.05, 0.1) is 11.1 Å². The maximum Gasteiger partial charge on any atom is 0.336 e. The molecule has 2 rings (SSSR count). The van der Waals surface area contributed by atoms with Gasteiger partial charge in [-0.05, 0) is 29.2 Å². The van der Waals surface area contributed by atoms with Crippen LogP contribution in [-0.2, 0) is 5.41 Å². The molecule has 0 aliphatic carbocycles. The Morgan fingerprint density at radius 1 is 1.33 bits per heavy atom. The Morgan fingerprint density at radius 3 is 2.56 bits per heavy atom. The monoisotopic (exact) mass is 263 g/mol. The van der Waals surface area contributed by atoms with E-state index in [0.29, 0.717) is 21.5 Å². The maximum atomic E-state index is 11.5. The van der Waals surface area contributed by atoms with Crippen molar-refractivity contribution in [2.75, 3.05) is 0 Å². The lowest BCUT2D eigenvalue weighted by Crippen LogP contribution is -2.17. The molecule has 0 amide bonds. The number of carboxylic acids is 1. The molecule has 4 heteroatoms. The highest BCUT2D eigenvalue weighted by molar-refractivity contribution is 6.31. The van der Waals surface area contributed by atoms with Crippen LogP contribution in [0.2, 0.25) is 5.02 Å². The molecule has 0 atom stereocenters. The standard InChI is InChI=1S/C14H14ClNO2/c1-14(2,3)10-7-16-11-5-4-8(15)6-9(11)12(10)13(17)18/h4-7H,1-3H3,(H,17,18). The number of nitrogens with zero attached hydrogens (tertiary/aromatic N) is 1. The molecular weight excluding hydrogens is 250 g/mol. The van der Waals surface area contributed by atoms with Crippen LogP contribution in [0.5, 0.6) is 0 Å². The van der Waals surface area contributed by atoms with Crippen molar-refractivity contribution in [2.24, 2.45) is 0 Å². The third-order valence-corrected chi connectivity index (χ3v) is 3.09. The van der Waals surface area contributed by atoms with Gasteiger partial charge < -0.3 is 5.11 Å². The average molecular weight is 264 g/mol. The molecule has 0 saturated heterocycles. The fourth-order valence-corrected chi connectivity index (χ4v) is 2.14. The van der Waals surface area contributed by atoms with Crippen LogP contribution in [0.1, 0.15) is 36.7 Å². The largest absolute Gasteiger partial charge is 0.478 e. The van der Waals surface area contributed by atoms with Crippen LogP contribution in [0.4, 0.5) is 0 Å². The second-order valence-corrected chi connectivity index (χ2v) is 5.70. The molecular formula is C14H14ClNO2. The molecule has 0 aliphatic heterocycles. The molecule has 0 aliphatic rings. The van der Waals surface area contributed by atoms with Gasteiger partial charge in [0, 0.05) is 16.6 Å². The van der Waals surface area contributed by atoms with E-state index in [1.807, 2.05) is 20.8 Å². The third-order valence-electron chi connectivity index (χ3n) is 2.85. The van der Waals surface area contributed by atoms with Crippen LogP contribution in [0.3, 0.4) is 0 Å². The van der Waals surface area contributed by atoms with Crippen molar-refractivity contribution in [3.05, 3.63) is 40.5 Å². The van der Waals surface area contributed by atoms with Gasteiger partial charge in [0.15, 0.2) is 0 Å². The van der Waals surface area contributed by atoms with Gasteiger partial charge in [-0.2, -0.15) is 0 Å². The van der Waals surface area contributed by atoms with E-state index < -0.39 is 5.97 Å². The van der Waals surface area contributed by atoms with Crippen LogP contribution < -0.4 is 0 Å². The molecule has 0 radical (unpaired) electrons. The van der Waals surface area contributed by atoms with Gasteiger partial charge in [-0.3, -0.25) is 4.98 Å². The van der Waals surface area contributed by atoms with Crippen molar-refractivity contribution < 1.29 is 9.90 Å². The Bertz CT molecular complexity index is 629. The predicted molar refractivity (Wildman–Crippen MR) is 72.4 cm³/mol. The van der Waals surface area contributed by atoms with Crippen molar-refractivity contribution in [2.45, 2.75) is 26.2 Å². The van der Waals surface area contributed by atoms with Crippen LogP contribution in [0.15, 0.2) is 24.4 Å². The number of benzene rings is 1. The third kappa shape index (κ3) is 2.18. The smallest absolute Gasteiger partial charge is 0.336 e. The highest BCUT2D eigenvalue weighted by atomic mass is 35.5. The fourth-order valence-electron chi connectivity index (χ4n) is 1.96. The van der Waals surface area contributed by atoms with E-state index in [2.05, 4.69) is 4.98 Å². The highest BCUT2D eigenvalue weighted by Crippen LogP contribution is 2.31. The molecule has 1 aromatic carbocycles. The van der Waals surface area contributed by atoms with E-state index in [1.165, 1.54) is 0 Å². The summed E-state index contributed by atoms with van der Waals surface area (Å²) < 4.78 is 0. The highest BCUT2D eigenvalue weighted by Gasteiger charge is 2.24. The summed E-state index contributed by atoms with van der Waals surface area (Å²) in [6.45, 7) is 5.90. The van der Waals surface area contributed by atoms with Crippen LogP contribution >= 0.6 is 11.6 Å². The van der Waals surface area contributed by atoms with Gasteiger partial charge >= 0.3 is 5.97 Å². The number of aromatic carboxylic acids is 1. The number of rotatable bonds is 1. The fraction of sp³-hybridized carbons (Fsp3) is 0.286. The van der Waals surface area contributed by atoms with Gasteiger partial charge in [-0.1, -0.05) is 32.4 Å². The van der Waals surface area contributed by atoms with E-state index in [0.717, 1.165) is 0 Å². The Morgan fingerprint density at radius 2 is 2.00 bits per heavy atom. The first-order chi connectivity index (χ1) is 8.30. The lowest BCUT2D eigenvalue weighted by molar-refractivity contribution is 0.0696. The van der Waals surface area contributed by atoms with Crippen molar-refractivity contribution in [1.29, 1.82) is 0 Å². The number of halogens is 1. The van der Waals surface area contributed by atoms with Crippen molar-refractivity contribution in [1.82, 2.24) is 4.98 Å². The molecule has 0 spiro atoms. The summed E-state index contributed by atoms with van der Waals surface area (Å²) in [6, 6.07) is 5.10. The summed E-state index contributed by atoms with van der Waals surface area (Å²) in [7, 11) is 0. The number of hydrogen-bond acceptors (Lipinski definition) is 2. The molecule has 1 heterocycles. The first-order valence-electron chi connectivity index (χ1n) is 5.63. The number of carbonyl (C=O) groups is 1. The second kappa shape index (κ2) is 4.25. The number of pyridine rings is 1. The number of fused-ring (bicyclic) bond motifs is 1. The van der Waals surface area contributed by atoms with E-state index in [1.54, 1.807) is 24.4 Å². The van der Waals surface area contributed by atoms with Crippen LogP contribution in [-0.4, -0.2) is 16.1 Å². The molecule has 3 nitrogen and oxygen atoms in total. The molecule has 0 fully saturated rings. The van der Waals surface area contributed by atoms with Gasteiger partial charge in [0.1, 0.15) is 0 Å². The van der Waals surface area contributed by atoms with E-state index in [-0.39, 0.29) is 11.0 Å². The first-order valence-corrected chi connectivity index (χ1v) is 6.00. The minimum Gasteiger partial charge on any atom is -0.478 e. The summed E-state index contributed by atoms with van der Waals surface area (Å²) in [4.78, 5) is 15.8. The summed E-state index contributed by atoms with van der Waals surface area (Å²) >= 11 is 5.94. The van der Waals surface area contributed by atoms with Crippen molar-refractivity contribution >= 4 is 28.5 Å². The Labute approximate surface area is 110 Å². The number of aromatic nitrogens is 1. The zero-order valence-corrected chi connectivity index (χ0v) is 11.2. The zero-order valence-electron chi connectivity index (χ0n) is 10.5. The topological polar surface area (TPSA) is 50.2 Å². The van der Waals surface area contributed by atoms with E-state index in [9.17, 15) is 9.90 Å². The summed E-state index contributed by atoms with van der Waals surface area (Å²) in [6.07, 6.45) is 1.64. The molecule has 1 N–H and O–H groups in total.